The van der Waals surface area contributed by atoms with Gasteiger partial charge in [-0.05, 0) is 34.6 Å². The summed E-state index contributed by atoms with van der Waals surface area (Å²) in [6.07, 6.45) is 0.633. The van der Waals surface area contributed by atoms with Crippen molar-refractivity contribution in [3.63, 3.8) is 0 Å². The van der Waals surface area contributed by atoms with E-state index < -0.39 is 11.2 Å². The van der Waals surface area contributed by atoms with E-state index in [9.17, 15) is 0 Å². The first-order chi connectivity index (χ1) is 6.16. The molecule has 0 saturated carbocycles. The third-order valence-electron chi connectivity index (χ3n) is 1.96. The van der Waals surface area contributed by atoms with E-state index in [0.717, 1.165) is 6.61 Å². The minimum Gasteiger partial charge on any atom is -0.387 e. The summed E-state index contributed by atoms with van der Waals surface area (Å²) in [5.74, 6) is 0. The first-order valence-corrected chi connectivity index (χ1v) is 4.89. The lowest BCUT2D eigenvalue weighted by atomic mass is 9.90. The van der Waals surface area contributed by atoms with Crippen LogP contribution in [0.3, 0.4) is 0 Å². The van der Waals surface area contributed by atoms with Gasteiger partial charge in [-0.15, -0.1) is 0 Å². The second-order valence-corrected chi connectivity index (χ2v) is 4.10. The molecule has 0 aliphatic rings. The molecular weight excluding hydrogens is 179 g/mol. The van der Waals surface area contributed by atoms with Crippen LogP contribution in [0.4, 0.5) is 0 Å². The van der Waals surface area contributed by atoms with Gasteiger partial charge in [0.15, 0.2) is 0 Å². The Hall–Kier alpha value is -0.0551. The summed E-state index contributed by atoms with van der Waals surface area (Å²) in [5.41, 5.74) is -2.01. The predicted octanol–water partition coefficient (Wildman–Crippen LogP) is 1.14. The quantitative estimate of drug-likeness (QED) is 0.530. The summed E-state index contributed by atoms with van der Waals surface area (Å²) >= 11 is 0. The van der Waals surface area contributed by atoms with Crippen LogP contribution in [0.1, 0.15) is 34.6 Å². The van der Waals surface area contributed by atoms with Gasteiger partial charge in [-0.1, -0.05) is 6.32 Å². The van der Waals surface area contributed by atoms with Crippen LogP contribution in [0.25, 0.3) is 0 Å². The maximum absolute atomic E-state index is 9.10. The maximum atomic E-state index is 9.10. The lowest BCUT2D eigenvalue weighted by Crippen LogP contribution is -2.44. The average molecular weight is 202 g/mol. The second kappa shape index (κ2) is 7.26. The van der Waals surface area contributed by atoms with Crippen LogP contribution < -0.4 is 0 Å². The summed E-state index contributed by atoms with van der Waals surface area (Å²) in [6.45, 7) is 9.73. The molecule has 84 valence electrons. The van der Waals surface area contributed by atoms with Gasteiger partial charge in [0, 0.05) is 13.2 Å². The molecular formula is C10H23BO3. The van der Waals surface area contributed by atoms with E-state index >= 15 is 0 Å². The summed E-state index contributed by atoms with van der Waals surface area (Å²) in [5, 5.41) is 18.2. The Balaban J connectivity index is 0. The molecule has 14 heavy (non-hydrogen) atoms. The van der Waals surface area contributed by atoms with E-state index in [2.05, 4.69) is 0 Å². The largest absolute Gasteiger partial charge is 0.387 e. The summed E-state index contributed by atoms with van der Waals surface area (Å²) in [4.78, 5) is 0. The SMILES string of the molecule is CC(C)(O)C(C)(C)O.[B]CCOCC. The van der Waals surface area contributed by atoms with Crippen molar-refractivity contribution < 1.29 is 14.9 Å². The lowest BCUT2D eigenvalue weighted by molar-refractivity contribution is -0.107. The zero-order valence-electron chi connectivity index (χ0n) is 10.0. The van der Waals surface area contributed by atoms with Crippen LogP contribution in [-0.2, 0) is 4.74 Å². The smallest absolute Gasteiger partial charge is 0.0872 e. The van der Waals surface area contributed by atoms with Crippen molar-refractivity contribution >= 4 is 7.85 Å². The van der Waals surface area contributed by atoms with Crippen molar-refractivity contribution in [1.82, 2.24) is 0 Å². The number of hydrogen-bond acceptors (Lipinski definition) is 3. The van der Waals surface area contributed by atoms with Gasteiger partial charge in [-0.2, -0.15) is 0 Å². The molecule has 0 fully saturated rings. The van der Waals surface area contributed by atoms with E-state index in [1.807, 2.05) is 6.92 Å². The third kappa shape index (κ3) is 10.0. The molecule has 0 saturated heterocycles. The third-order valence-corrected chi connectivity index (χ3v) is 1.96. The highest BCUT2D eigenvalue weighted by Gasteiger charge is 2.31. The minimum atomic E-state index is -1.01. The molecule has 4 heteroatoms. The van der Waals surface area contributed by atoms with Crippen molar-refractivity contribution in [2.24, 2.45) is 0 Å². The van der Waals surface area contributed by atoms with Crippen molar-refractivity contribution in [3.8, 4) is 0 Å². The van der Waals surface area contributed by atoms with E-state index in [1.165, 1.54) is 0 Å². The fraction of sp³-hybridized carbons (Fsp3) is 1.00. The van der Waals surface area contributed by atoms with E-state index in [-0.39, 0.29) is 0 Å². The first-order valence-electron chi connectivity index (χ1n) is 4.89. The minimum absolute atomic E-state index is 0.633. The molecule has 0 aliphatic heterocycles. The van der Waals surface area contributed by atoms with Gasteiger partial charge in [0.2, 0.25) is 0 Å². The van der Waals surface area contributed by atoms with Gasteiger partial charge in [0.25, 0.3) is 0 Å². The molecule has 3 nitrogen and oxygen atoms in total. The van der Waals surface area contributed by atoms with Gasteiger partial charge in [0.05, 0.1) is 19.0 Å². The fourth-order valence-electron chi connectivity index (χ4n) is 0.228. The number of hydrogen-bond donors (Lipinski definition) is 2. The highest BCUT2D eigenvalue weighted by molar-refractivity contribution is 6.08. The van der Waals surface area contributed by atoms with Crippen LogP contribution in [-0.4, -0.2) is 42.5 Å². The molecule has 0 bridgehead atoms. The Kier molecular flexibility index (Phi) is 8.50. The average Bonchev–Trinajstić information content (AvgIpc) is 1.98. The Bertz CT molecular complexity index is 108. The van der Waals surface area contributed by atoms with E-state index in [1.54, 1.807) is 27.7 Å². The normalized spacial score (nSPS) is 11.9. The molecule has 0 heterocycles. The van der Waals surface area contributed by atoms with Gasteiger partial charge < -0.3 is 14.9 Å². The summed E-state index contributed by atoms with van der Waals surface area (Å²) < 4.78 is 4.86. The predicted molar refractivity (Wildman–Crippen MR) is 59.6 cm³/mol. The summed E-state index contributed by atoms with van der Waals surface area (Å²) in [6, 6.07) is 0. The molecule has 0 aromatic rings. The monoisotopic (exact) mass is 202 g/mol. The Morgan fingerprint density at radius 2 is 1.43 bits per heavy atom. The Morgan fingerprint density at radius 1 is 1.07 bits per heavy atom. The number of ether oxygens (including phenoxy) is 1. The van der Waals surface area contributed by atoms with E-state index in [4.69, 9.17) is 22.8 Å². The highest BCUT2D eigenvalue weighted by Crippen LogP contribution is 2.19. The number of aliphatic hydroxyl groups is 2. The zero-order chi connectivity index (χ0) is 11.8. The van der Waals surface area contributed by atoms with E-state index in [0.29, 0.717) is 12.9 Å². The van der Waals surface area contributed by atoms with Crippen LogP contribution in [0.15, 0.2) is 0 Å². The standard InChI is InChI=1S/C6H14O2.C4H9BO/c1-5(2,7)6(3,4)8;1-2-6-4-3-5/h7-8H,1-4H3;2-4H2,1H3. The molecule has 0 atom stereocenters. The fourth-order valence-corrected chi connectivity index (χ4v) is 0.228. The van der Waals surface area contributed by atoms with Crippen LogP contribution in [0.5, 0.6) is 0 Å². The molecule has 2 radical (unpaired) electrons. The van der Waals surface area contributed by atoms with Crippen molar-refractivity contribution in [2.75, 3.05) is 13.2 Å². The molecule has 0 aromatic carbocycles. The highest BCUT2D eigenvalue weighted by atomic mass is 16.5. The van der Waals surface area contributed by atoms with Crippen molar-refractivity contribution in [1.29, 1.82) is 0 Å². The molecule has 0 spiro atoms. The molecule has 0 aliphatic carbocycles. The first kappa shape index (κ1) is 16.4. The molecule has 2 N–H and O–H groups in total. The second-order valence-electron chi connectivity index (χ2n) is 4.10. The molecule has 0 rings (SSSR count). The molecule has 0 amide bonds. The van der Waals surface area contributed by atoms with Crippen LogP contribution in [0.2, 0.25) is 6.32 Å². The molecule has 0 unspecified atom stereocenters. The van der Waals surface area contributed by atoms with Gasteiger partial charge in [-0.3, -0.25) is 0 Å². The van der Waals surface area contributed by atoms with Crippen molar-refractivity contribution in [3.05, 3.63) is 0 Å². The van der Waals surface area contributed by atoms with Crippen LogP contribution in [0, 0.1) is 0 Å². The molecule has 0 aromatic heterocycles. The maximum Gasteiger partial charge on any atom is 0.0872 e. The topological polar surface area (TPSA) is 49.7 Å². The Morgan fingerprint density at radius 3 is 1.50 bits per heavy atom. The Labute approximate surface area is 88.9 Å². The lowest BCUT2D eigenvalue weighted by Gasteiger charge is -2.31. The van der Waals surface area contributed by atoms with Crippen LogP contribution >= 0.6 is 0 Å². The number of rotatable bonds is 4. The van der Waals surface area contributed by atoms with Gasteiger partial charge >= 0.3 is 0 Å². The summed E-state index contributed by atoms with van der Waals surface area (Å²) in [7, 11) is 5.09. The van der Waals surface area contributed by atoms with Gasteiger partial charge in [-0.25, -0.2) is 0 Å². The van der Waals surface area contributed by atoms with Gasteiger partial charge in [0.1, 0.15) is 0 Å². The van der Waals surface area contributed by atoms with Crippen molar-refractivity contribution in [2.45, 2.75) is 52.1 Å². The zero-order valence-corrected chi connectivity index (χ0v) is 10.0.